The highest BCUT2D eigenvalue weighted by Crippen LogP contribution is 2.20. The molecule has 0 spiro atoms. The molecule has 74 valence electrons. The summed E-state index contributed by atoms with van der Waals surface area (Å²) in [7, 11) is 4.35. The third-order valence-electron chi connectivity index (χ3n) is 2.56. The number of halogens is 1. The zero-order chi connectivity index (χ0) is 8.48. The van der Waals surface area contributed by atoms with E-state index in [9.17, 15) is 0 Å². The molecule has 0 aromatic carbocycles. The molecule has 3 heteroatoms. The van der Waals surface area contributed by atoms with Crippen LogP contribution < -0.4 is 5.32 Å². The first-order valence-electron chi connectivity index (χ1n) is 4.43. The molecule has 1 saturated heterocycles. The highest BCUT2D eigenvalue weighted by Gasteiger charge is 2.27. The van der Waals surface area contributed by atoms with Crippen molar-refractivity contribution in [1.29, 1.82) is 0 Å². The summed E-state index contributed by atoms with van der Waals surface area (Å²) in [6.07, 6.45) is 2.55. The molecule has 0 bridgehead atoms. The maximum atomic E-state index is 3.52. The van der Waals surface area contributed by atoms with Crippen LogP contribution in [-0.4, -0.2) is 37.1 Å². The van der Waals surface area contributed by atoms with Gasteiger partial charge in [-0.25, -0.2) is 0 Å². The van der Waals surface area contributed by atoms with E-state index in [-0.39, 0.29) is 12.4 Å². The molecule has 1 aliphatic heterocycles. The van der Waals surface area contributed by atoms with E-state index in [1.165, 1.54) is 12.8 Å². The Hall–Kier alpha value is 0.210. The molecule has 0 aromatic rings. The number of piperidine rings is 1. The SMILES string of the molecule is CN(C)C1CCNC(C)(C)C1.Cl. The Morgan fingerprint density at radius 2 is 1.92 bits per heavy atom. The van der Waals surface area contributed by atoms with Gasteiger partial charge in [0.1, 0.15) is 0 Å². The molecule has 1 unspecified atom stereocenters. The van der Waals surface area contributed by atoms with Crippen molar-refractivity contribution < 1.29 is 0 Å². The zero-order valence-electron chi connectivity index (χ0n) is 8.55. The molecule has 2 nitrogen and oxygen atoms in total. The lowest BCUT2D eigenvalue weighted by molar-refractivity contribution is 0.167. The number of hydrogen-bond acceptors (Lipinski definition) is 2. The number of hydrogen-bond donors (Lipinski definition) is 1. The van der Waals surface area contributed by atoms with E-state index in [0.29, 0.717) is 5.54 Å². The predicted octanol–water partition coefficient (Wildman–Crippen LogP) is 1.50. The van der Waals surface area contributed by atoms with Gasteiger partial charge in [-0.1, -0.05) is 0 Å². The van der Waals surface area contributed by atoms with Crippen LogP contribution in [0.2, 0.25) is 0 Å². The van der Waals surface area contributed by atoms with E-state index < -0.39 is 0 Å². The van der Waals surface area contributed by atoms with Crippen LogP contribution in [0.15, 0.2) is 0 Å². The van der Waals surface area contributed by atoms with Crippen molar-refractivity contribution in [2.24, 2.45) is 0 Å². The fraction of sp³-hybridized carbons (Fsp3) is 1.00. The summed E-state index contributed by atoms with van der Waals surface area (Å²) in [4.78, 5) is 2.34. The standard InChI is InChI=1S/C9H20N2.ClH/c1-9(2)7-8(11(3)4)5-6-10-9;/h8,10H,5-7H2,1-4H3;1H. The topological polar surface area (TPSA) is 15.3 Å². The molecule has 0 aromatic heterocycles. The lowest BCUT2D eigenvalue weighted by atomic mass is 9.89. The Bertz CT molecular complexity index is 134. The molecule has 1 fully saturated rings. The predicted molar refractivity (Wildman–Crippen MR) is 56.0 cm³/mol. The quantitative estimate of drug-likeness (QED) is 0.678. The Labute approximate surface area is 82.1 Å². The summed E-state index contributed by atoms with van der Waals surface area (Å²) in [5.74, 6) is 0. The summed E-state index contributed by atoms with van der Waals surface area (Å²) in [6, 6.07) is 0.770. The molecule has 0 aliphatic carbocycles. The Morgan fingerprint density at radius 1 is 1.33 bits per heavy atom. The third-order valence-corrected chi connectivity index (χ3v) is 2.56. The highest BCUT2D eigenvalue weighted by atomic mass is 35.5. The van der Waals surface area contributed by atoms with Gasteiger partial charge in [-0.15, -0.1) is 12.4 Å². The fourth-order valence-corrected chi connectivity index (χ4v) is 1.78. The van der Waals surface area contributed by atoms with Crippen LogP contribution in [0.25, 0.3) is 0 Å². The van der Waals surface area contributed by atoms with E-state index in [0.717, 1.165) is 12.6 Å². The van der Waals surface area contributed by atoms with Crippen molar-refractivity contribution >= 4 is 12.4 Å². The summed E-state index contributed by atoms with van der Waals surface area (Å²) >= 11 is 0. The van der Waals surface area contributed by atoms with Gasteiger partial charge in [0.15, 0.2) is 0 Å². The monoisotopic (exact) mass is 192 g/mol. The maximum Gasteiger partial charge on any atom is 0.0140 e. The molecular weight excluding hydrogens is 172 g/mol. The van der Waals surface area contributed by atoms with Crippen LogP contribution in [0.3, 0.4) is 0 Å². The van der Waals surface area contributed by atoms with Crippen LogP contribution in [0.1, 0.15) is 26.7 Å². The summed E-state index contributed by atoms with van der Waals surface area (Å²) < 4.78 is 0. The average Bonchev–Trinajstić information content (AvgIpc) is 1.85. The van der Waals surface area contributed by atoms with Crippen molar-refractivity contribution in [2.45, 2.75) is 38.3 Å². The van der Waals surface area contributed by atoms with E-state index in [1.807, 2.05) is 0 Å². The second-order valence-corrected chi connectivity index (χ2v) is 4.42. The van der Waals surface area contributed by atoms with E-state index in [4.69, 9.17) is 0 Å². The van der Waals surface area contributed by atoms with Gasteiger partial charge in [-0.2, -0.15) is 0 Å². The van der Waals surface area contributed by atoms with Crippen molar-refractivity contribution in [3.8, 4) is 0 Å². The molecule has 1 heterocycles. The van der Waals surface area contributed by atoms with Crippen LogP contribution in [0.4, 0.5) is 0 Å². The molecule has 0 saturated carbocycles. The Balaban J connectivity index is 0.00000121. The molecule has 1 rings (SSSR count). The third kappa shape index (κ3) is 3.30. The molecular formula is C9H21ClN2. The first-order valence-corrected chi connectivity index (χ1v) is 4.43. The minimum atomic E-state index is 0. The second-order valence-electron chi connectivity index (χ2n) is 4.42. The largest absolute Gasteiger partial charge is 0.312 e. The number of nitrogens with zero attached hydrogens (tertiary/aromatic N) is 1. The van der Waals surface area contributed by atoms with Gasteiger partial charge < -0.3 is 10.2 Å². The molecule has 0 radical (unpaired) electrons. The van der Waals surface area contributed by atoms with Gasteiger partial charge in [0.2, 0.25) is 0 Å². The van der Waals surface area contributed by atoms with Crippen molar-refractivity contribution in [2.75, 3.05) is 20.6 Å². The first-order chi connectivity index (χ1) is 5.01. The summed E-state index contributed by atoms with van der Waals surface area (Å²) in [5, 5.41) is 3.52. The molecule has 1 atom stereocenters. The minimum absolute atomic E-state index is 0. The fourth-order valence-electron chi connectivity index (χ4n) is 1.78. The van der Waals surface area contributed by atoms with Gasteiger partial charge in [-0.05, 0) is 47.3 Å². The van der Waals surface area contributed by atoms with Gasteiger partial charge >= 0.3 is 0 Å². The zero-order valence-corrected chi connectivity index (χ0v) is 9.37. The normalized spacial score (nSPS) is 28.2. The average molecular weight is 193 g/mol. The Kier molecular flexibility index (Phi) is 4.53. The minimum Gasteiger partial charge on any atom is -0.312 e. The van der Waals surface area contributed by atoms with E-state index in [1.54, 1.807) is 0 Å². The van der Waals surface area contributed by atoms with Gasteiger partial charge in [0.25, 0.3) is 0 Å². The van der Waals surface area contributed by atoms with Crippen molar-refractivity contribution in [1.82, 2.24) is 10.2 Å². The van der Waals surface area contributed by atoms with Gasteiger partial charge in [0.05, 0.1) is 0 Å². The second kappa shape index (κ2) is 4.45. The lowest BCUT2D eigenvalue weighted by Crippen LogP contribution is -2.51. The molecule has 1 aliphatic rings. The highest BCUT2D eigenvalue weighted by molar-refractivity contribution is 5.85. The van der Waals surface area contributed by atoms with Crippen LogP contribution >= 0.6 is 12.4 Å². The molecule has 0 amide bonds. The smallest absolute Gasteiger partial charge is 0.0140 e. The van der Waals surface area contributed by atoms with Crippen molar-refractivity contribution in [3.63, 3.8) is 0 Å². The Morgan fingerprint density at radius 3 is 2.25 bits per heavy atom. The molecule has 1 N–H and O–H groups in total. The lowest BCUT2D eigenvalue weighted by Gasteiger charge is -2.39. The van der Waals surface area contributed by atoms with Crippen LogP contribution in [0, 0.1) is 0 Å². The number of nitrogens with one attached hydrogen (secondary N) is 1. The van der Waals surface area contributed by atoms with Crippen LogP contribution in [0.5, 0.6) is 0 Å². The van der Waals surface area contributed by atoms with E-state index in [2.05, 4.69) is 38.2 Å². The first kappa shape index (κ1) is 12.2. The number of rotatable bonds is 1. The van der Waals surface area contributed by atoms with Gasteiger partial charge in [0, 0.05) is 11.6 Å². The summed E-state index contributed by atoms with van der Waals surface area (Å²) in [6.45, 7) is 5.72. The summed E-state index contributed by atoms with van der Waals surface area (Å²) in [5.41, 5.74) is 0.340. The van der Waals surface area contributed by atoms with E-state index >= 15 is 0 Å². The van der Waals surface area contributed by atoms with Gasteiger partial charge in [-0.3, -0.25) is 0 Å². The maximum absolute atomic E-state index is 3.52. The van der Waals surface area contributed by atoms with Crippen LogP contribution in [-0.2, 0) is 0 Å². The van der Waals surface area contributed by atoms with Crippen molar-refractivity contribution in [3.05, 3.63) is 0 Å². The molecule has 12 heavy (non-hydrogen) atoms.